The van der Waals surface area contributed by atoms with Crippen LogP contribution in [-0.2, 0) is 10.1 Å². The Morgan fingerprint density at radius 1 is 1.50 bits per heavy atom. The molecule has 1 rings (SSSR count). The van der Waals surface area contributed by atoms with E-state index in [9.17, 15) is 9.18 Å². The minimum absolute atomic E-state index is 0.188. The largest absolute Gasteiger partial charge is 0.496 e. The van der Waals surface area contributed by atoms with Gasteiger partial charge in [0.15, 0.2) is 0 Å². The van der Waals surface area contributed by atoms with Gasteiger partial charge in [0.1, 0.15) is 17.1 Å². The molecule has 0 aliphatic heterocycles. The Hall–Kier alpha value is -1.10. The van der Waals surface area contributed by atoms with Crippen LogP contribution in [0.25, 0.3) is 0 Å². The highest BCUT2D eigenvalue weighted by Gasteiger charge is 2.19. The fourth-order valence-electron chi connectivity index (χ4n) is 1.34. The summed E-state index contributed by atoms with van der Waals surface area (Å²) in [6.07, 6.45) is 0. The lowest BCUT2D eigenvalue weighted by atomic mass is 10.1. The molecule has 0 saturated heterocycles. The van der Waals surface area contributed by atoms with Crippen molar-refractivity contribution in [2.75, 3.05) is 13.7 Å². The zero-order chi connectivity index (χ0) is 12.1. The van der Waals surface area contributed by atoms with Gasteiger partial charge in [-0.25, -0.2) is 9.18 Å². The Morgan fingerprint density at radius 3 is 2.69 bits per heavy atom. The number of halogens is 2. The van der Waals surface area contributed by atoms with Crippen molar-refractivity contribution in [2.24, 2.45) is 0 Å². The summed E-state index contributed by atoms with van der Waals surface area (Å²) in [6, 6.07) is 2.45. The predicted octanol–water partition coefficient (Wildman–Crippen LogP) is 2.91. The SMILES string of the molecule is CCOC(=O)c1c(CBr)cc(F)cc1OC. The molecule has 5 heteroatoms. The van der Waals surface area contributed by atoms with Crippen LogP contribution in [0.4, 0.5) is 4.39 Å². The van der Waals surface area contributed by atoms with Crippen LogP contribution in [-0.4, -0.2) is 19.7 Å². The van der Waals surface area contributed by atoms with Crippen molar-refractivity contribution in [3.05, 3.63) is 29.1 Å². The zero-order valence-corrected chi connectivity index (χ0v) is 10.6. The van der Waals surface area contributed by atoms with Gasteiger partial charge in [-0.15, -0.1) is 0 Å². The van der Waals surface area contributed by atoms with E-state index in [0.29, 0.717) is 10.9 Å². The normalized spacial score (nSPS) is 10.0. The second-order valence-electron chi connectivity index (χ2n) is 3.00. The highest BCUT2D eigenvalue weighted by Crippen LogP contribution is 2.26. The number of hydrogen-bond acceptors (Lipinski definition) is 3. The van der Waals surface area contributed by atoms with Gasteiger partial charge >= 0.3 is 5.97 Å². The van der Waals surface area contributed by atoms with Crippen molar-refractivity contribution in [1.82, 2.24) is 0 Å². The molecule has 1 aromatic rings. The summed E-state index contributed by atoms with van der Waals surface area (Å²) in [4.78, 5) is 11.7. The number of carbonyl (C=O) groups is 1. The van der Waals surface area contributed by atoms with E-state index in [1.807, 2.05) is 0 Å². The molecule has 1 aromatic carbocycles. The van der Waals surface area contributed by atoms with Crippen molar-refractivity contribution >= 4 is 21.9 Å². The van der Waals surface area contributed by atoms with E-state index in [0.717, 1.165) is 0 Å². The molecule has 3 nitrogen and oxygen atoms in total. The molecule has 88 valence electrons. The van der Waals surface area contributed by atoms with Crippen LogP contribution in [0.5, 0.6) is 5.75 Å². The Labute approximate surface area is 102 Å². The first-order chi connectivity index (χ1) is 7.63. The fraction of sp³-hybridized carbons (Fsp3) is 0.364. The molecule has 0 saturated carbocycles. The average Bonchev–Trinajstić information content (AvgIpc) is 2.27. The standard InChI is InChI=1S/C11H12BrFO3/c1-3-16-11(14)10-7(6-12)4-8(13)5-9(10)15-2/h4-5H,3,6H2,1-2H3. The highest BCUT2D eigenvalue weighted by molar-refractivity contribution is 9.08. The van der Waals surface area contributed by atoms with E-state index in [1.165, 1.54) is 19.2 Å². The summed E-state index contributed by atoms with van der Waals surface area (Å²) in [5.74, 6) is -0.763. The van der Waals surface area contributed by atoms with Crippen molar-refractivity contribution < 1.29 is 18.7 Å². The third kappa shape index (κ3) is 2.72. The van der Waals surface area contributed by atoms with Gasteiger partial charge in [-0.05, 0) is 18.6 Å². The van der Waals surface area contributed by atoms with E-state index in [4.69, 9.17) is 9.47 Å². The monoisotopic (exact) mass is 290 g/mol. The van der Waals surface area contributed by atoms with Gasteiger partial charge in [0.25, 0.3) is 0 Å². The second-order valence-corrected chi connectivity index (χ2v) is 3.56. The van der Waals surface area contributed by atoms with E-state index >= 15 is 0 Å². The van der Waals surface area contributed by atoms with Gasteiger partial charge < -0.3 is 9.47 Å². The number of esters is 1. The topological polar surface area (TPSA) is 35.5 Å². The van der Waals surface area contributed by atoms with Gasteiger partial charge in [0.05, 0.1) is 13.7 Å². The maximum atomic E-state index is 13.2. The van der Waals surface area contributed by atoms with Crippen LogP contribution in [0.2, 0.25) is 0 Å². The molecule has 16 heavy (non-hydrogen) atoms. The van der Waals surface area contributed by atoms with E-state index < -0.39 is 11.8 Å². The number of carbonyl (C=O) groups excluding carboxylic acids is 1. The summed E-state index contributed by atoms with van der Waals surface area (Å²) in [5, 5.41) is 0.356. The van der Waals surface area contributed by atoms with E-state index in [1.54, 1.807) is 6.92 Å². The highest BCUT2D eigenvalue weighted by atomic mass is 79.9. The maximum Gasteiger partial charge on any atom is 0.342 e. The van der Waals surface area contributed by atoms with Crippen LogP contribution < -0.4 is 4.74 Å². The lowest BCUT2D eigenvalue weighted by Crippen LogP contribution is -2.10. The Morgan fingerprint density at radius 2 is 2.19 bits per heavy atom. The van der Waals surface area contributed by atoms with Crippen molar-refractivity contribution in [2.45, 2.75) is 12.3 Å². The molecule has 0 aromatic heterocycles. The predicted molar refractivity (Wildman–Crippen MR) is 61.5 cm³/mol. The average molecular weight is 291 g/mol. The molecule has 0 fully saturated rings. The van der Waals surface area contributed by atoms with Crippen LogP contribution in [0.1, 0.15) is 22.8 Å². The lowest BCUT2D eigenvalue weighted by molar-refractivity contribution is 0.0521. The summed E-state index contributed by atoms with van der Waals surface area (Å²) in [5.41, 5.74) is 0.776. The molecule has 0 N–H and O–H groups in total. The van der Waals surface area contributed by atoms with Crippen molar-refractivity contribution in [1.29, 1.82) is 0 Å². The Bertz CT molecular complexity index is 368. The third-order valence-electron chi connectivity index (χ3n) is 1.99. The summed E-state index contributed by atoms with van der Waals surface area (Å²) < 4.78 is 23.0. The Kier molecular flexibility index (Phi) is 4.73. The molecular formula is C11H12BrFO3. The molecule has 0 amide bonds. The third-order valence-corrected chi connectivity index (χ3v) is 2.60. The number of hydrogen-bond donors (Lipinski definition) is 0. The van der Waals surface area contributed by atoms with Gasteiger partial charge in [0, 0.05) is 11.4 Å². The first kappa shape index (κ1) is 13.0. The maximum absolute atomic E-state index is 13.2. The lowest BCUT2D eigenvalue weighted by Gasteiger charge is -2.11. The molecular weight excluding hydrogens is 279 g/mol. The molecule has 0 aliphatic rings. The van der Waals surface area contributed by atoms with Crippen LogP contribution >= 0.6 is 15.9 Å². The van der Waals surface area contributed by atoms with Gasteiger partial charge in [0.2, 0.25) is 0 Å². The number of methoxy groups -OCH3 is 1. The molecule has 0 atom stereocenters. The number of rotatable bonds is 4. The first-order valence-corrected chi connectivity index (χ1v) is 5.85. The first-order valence-electron chi connectivity index (χ1n) is 4.73. The summed E-state index contributed by atoms with van der Waals surface area (Å²) in [6.45, 7) is 1.97. The van der Waals surface area contributed by atoms with Gasteiger partial charge in [-0.2, -0.15) is 0 Å². The summed E-state index contributed by atoms with van der Waals surface area (Å²) in [7, 11) is 1.38. The van der Waals surface area contributed by atoms with Crippen LogP contribution in [0.3, 0.4) is 0 Å². The molecule has 0 radical (unpaired) electrons. The Balaban J connectivity index is 3.27. The van der Waals surface area contributed by atoms with Crippen LogP contribution in [0, 0.1) is 5.82 Å². The van der Waals surface area contributed by atoms with Gasteiger partial charge in [-0.3, -0.25) is 0 Å². The zero-order valence-electron chi connectivity index (χ0n) is 9.05. The number of benzene rings is 1. The van der Waals surface area contributed by atoms with Crippen molar-refractivity contribution in [3.63, 3.8) is 0 Å². The van der Waals surface area contributed by atoms with Gasteiger partial charge in [-0.1, -0.05) is 15.9 Å². The molecule has 0 aliphatic carbocycles. The molecule has 0 spiro atoms. The van der Waals surface area contributed by atoms with E-state index in [2.05, 4.69) is 15.9 Å². The van der Waals surface area contributed by atoms with E-state index in [-0.39, 0.29) is 17.9 Å². The quantitative estimate of drug-likeness (QED) is 0.632. The molecule has 0 unspecified atom stereocenters. The van der Waals surface area contributed by atoms with Crippen molar-refractivity contribution in [3.8, 4) is 5.75 Å². The second kappa shape index (κ2) is 5.84. The number of alkyl halides is 1. The smallest absolute Gasteiger partial charge is 0.342 e. The fourth-order valence-corrected chi connectivity index (χ4v) is 1.78. The minimum Gasteiger partial charge on any atom is -0.496 e. The number of ether oxygens (including phenoxy) is 2. The van der Waals surface area contributed by atoms with Crippen LogP contribution in [0.15, 0.2) is 12.1 Å². The molecule has 0 heterocycles. The molecule has 0 bridgehead atoms. The minimum atomic E-state index is -0.506. The summed E-state index contributed by atoms with van der Waals surface area (Å²) >= 11 is 3.20.